The summed E-state index contributed by atoms with van der Waals surface area (Å²) in [6.07, 6.45) is 1.03. The first-order valence-corrected chi connectivity index (χ1v) is 5.55. The van der Waals surface area contributed by atoms with Gasteiger partial charge in [0.2, 0.25) is 0 Å². The van der Waals surface area contributed by atoms with E-state index in [1.165, 1.54) is 0 Å². The van der Waals surface area contributed by atoms with E-state index in [1.54, 1.807) is 0 Å². The molecule has 4 nitrogen and oxygen atoms in total. The van der Waals surface area contributed by atoms with Gasteiger partial charge >= 0.3 is 0 Å². The van der Waals surface area contributed by atoms with Crippen molar-refractivity contribution in [2.75, 3.05) is 17.7 Å². The minimum atomic E-state index is 0.321. The van der Waals surface area contributed by atoms with Gasteiger partial charge in [-0.25, -0.2) is 0 Å². The first-order chi connectivity index (χ1) is 7.69. The van der Waals surface area contributed by atoms with Gasteiger partial charge in [0.05, 0.1) is 5.69 Å². The standard InChI is InChI=1S/C12H17N3O/c1-3-8(2)14-12-7-16-11-6-9(13)4-5-10(11)15-12/h4-6,8H,3,7,13H2,1-2H3,(H,14,15). The predicted molar refractivity (Wildman–Crippen MR) is 67.2 cm³/mol. The molecule has 1 heterocycles. The molecule has 86 valence electrons. The van der Waals surface area contributed by atoms with Crippen LogP contribution in [0.2, 0.25) is 0 Å². The van der Waals surface area contributed by atoms with Crippen molar-refractivity contribution >= 4 is 17.2 Å². The van der Waals surface area contributed by atoms with Gasteiger partial charge in [-0.1, -0.05) is 6.92 Å². The van der Waals surface area contributed by atoms with Gasteiger partial charge in [0, 0.05) is 17.8 Å². The highest BCUT2D eigenvalue weighted by Gasteiger charge is 2.14. The Hall–Kier alpha value is -1.71. The average molecular weight is 219 g/mol. The Kier molecular flexibility index (Phi) is 2.99. The molecule has 16 heavy (non-hydrogen) atoms. The van der Waals surface area contributed by atoms with Crippen LogP contribution in [0.15, 0.2) is 23.2 Å². The molecule has 0 saturated heterocycles. The summed E-state index contributed by atoms with van der Waals surface area (Å²) in [5.74, 6) is 1.68. The largest absolute Gasteiger partial charge is 0.483 e. The van der Waals surface area contributed by atoms with Crippen molar-refractivity contribution in [3.8, 4) is 5.75 Å². The summed E-state index contributed by atoms with van der Waals surface area (Å²) in [6, 6.07) is 5.90. The van der Waals surface area contributed by atoms with Gasteiger partial charge in [-0.05, 0) is 25.5 Å². The molecule has 4 heteroatoms. The lowest BCUT2D eigenvalue weighted by molar-refractivity contribution is 0.371. The van der Waals surface area contributed by atoms with E-state index in [4.69, 9.17) is 10.5 Å². The zero-order chi connectivity index (χ0) is 11.5. The number of rotatable bonds is 2. The summed E-state index contributed by atoms with van der Waals surface area (Å²) in [6.45, 7) is 4.70. The molecule has 0 aromatic heterocycles. The van der Waals surface area contributed by atoms with E-state index >= 15 is 0 Å². The van der Waals surface area contributed by atoms with Gasteiger partial charge in [-0.2, -0.15) is 0 Å². The quantitative estimate of drug-likeness (QED) is 0.750. The van der Waals surface area contributed by atoms with Gasteiger partial charge in [-0.3, -0.25) is 4.99 Å². The summed E-state index contributed by atoms with van der Waals surface area (Å²) in [7, 11) is 0. The van der Waals surface area contributed by atoms with Crippen LogP contribution in [0.4, 0.5) is 11.4 Å². The number of benzene rings is 1. The summed E-state index contributed by atoms with van der Waals surface area (Å²) in [5.41, 5.74) is 7.32. The average Bonchev–Trinajstić information content (AvgIpc) is 2.29. The molecule has 0 radical (unpaired) electrons. The van der Waals surface area contributed by atoms with Gasteiger partial charge in [0.15, 0.2) is 0 Å². The van der Waals surface area contributed by atoms with Gasteiger partial charge in [0.1, 0.15) is 18.2 Å². The van der Waals surface area contributed by atoms with E-state index in [1.807, 2.05) is 18.2 Å². The number of anilines is 2. The second-order valence-electron chi connectivity index (χ2n) is 4.00. The lowest BCUT2D eigenvalue weighted by Crippen LogP contribution is -2.27. The zero-order valence-electron chi connectivity index (χ0n) is 9.66. The van der Waals surface area contributed by atoms with Crippen LogP contribution in [-0.2, 0) is 0 Å². The summed E-state index contributed by atoms with van der Waals surface area (Å²) < 4.78 is 5.59. The Morgan fingerprint density at radius 1 is 1.56 bits per heavy atom. The van der Waals surface area contributed by atoms with E-state index in [0.717, 1.165) is 23.7 Å². The fourth-order valence-corrected chi connectivity index (χ4v) is 1.53. The first kappa shape index (κ1) is 10.8. The third-order valence-electron chi connectivity index (χ3n) is 2.62. The molecule has 0 fully saturated rings. The van der Waals surface area contributed by atoms with Crippen LogP contribution >= 0.6 is 0 Å². The zero-order valence-corrected chi connectivity index (χ0v) is 9.66. The number of nitrogen functional groups attached to an aromatic ring is 1. The van der Waals surface area contributed by atoms with Crippen molar-refractivity contribution in [1.29, 1.82) is 0 Å². The number of hydrogen-bond donors (Lipinski definition) is 2. The number of nitrogens with zero attached hydrogens (tertiary/aromatic N) is 1. The molecule has 3 N–H and O–H groups in total. The maximum atomic E-state index is 5.68. The van der Waals surface area contributed by atoms with E-state index in [2.05, 4.69) is 24.2 Å². The molecule has 0 spiro atoms. The molecule has 0 saturated carbocycles. The van der Waals surface area contributed by atoms with Crippen molar-refractivity contribution in [1.82, 2.24) is 0 Å². The molecule has 1 aliphatic rings. The van der Waals surface area contributed by atoms with Crippen LogP contribution in [0.25, 0.3) is 0 Å². The Morgan fingerprint density at radius 2 is 2.38 bits per heavy atom. The number of ether oxygens (including phenoxy) is 1. The van der Waals surface area contributed by atoms with Crippen LogP contribution in [0.1, 0.15) is 20.3 Å². The highest BCUT2D eigenvalue weighted by atomic mass is 16.5. The topological polar surface area (TPSA) is 59.6 Å². The van der Waals surface area contributed by atoms with Crippen LogP contribution in [0.5, 0.6) is 5.75 Å². The summed E-state index contributed by atoms with van der Waals surface area (Å²) >= 11 is 0. The molecule has 1 aliphatic heterocycles. The minimum absolute atomic E-state index is 0.321. The van der Waals surface area contributed by atoms with E-state index in [-0.39, 0.29) is 0 Å². The Labute approximate surface area is 95.5 Å². The van der Waals surface area contributed by atoms with Crippen molar-refractivity contribution in [3.05, 3.63) is 18.2 Å². The number of nitrogens with one attached hydrogen (secondary N) is 1. The van der Waals surface area contributed by atoms with Crippen LogP contribution < -0.4 is 15.8 Å². The van der Waals surface area contributed by atoms with Crippen LogP contribution in [-0.4, -0.2) is 18.5 Å². The Bertz CT molecular complexity index is 415. The number of nitrogens with two attached hydrogens (primary N) is 1. The highest BCUT2D eigenvalue weighted by molar-refractivity contribution is 5.99. The van der Waals surface area contributed by atoms with Gasteiger partial charge < -0.3 is 15.8 Å². The summed E-state index contributed by atoms with van der Waals surface area (Å²) in [5, 5.41) is 3.26. The van der Waals surface area contributed by atoms with Gasteiger partial charge in [0.25, 0.3) is 0 Å². The highest BCUT2D eigenvalue weighted by Crippen LogP contribution is 2.29. The minimum Gasteiger partial charge on any atom is -0.483 e. The lowest BCUT2D eigenvalue weighted by Gasteiger charge is -2.21. The molecule has 1 atom stereocenters. The fraction of sp³-hybridized carbons (Fsp3) is 0.417. The Morgan fingerprint density at radius 3 is 3.12 bits per heavy atom. The first-order valence-electron chi connectivity index (χ1n) is 5.55. The molecule has 0 amide bonds. The Balaban J connectivity index is 2.18. The predicted octanol–water partition coefficient (Wildman–Crippen LogP) is 2.27. The molecule has 1 aromatic rings. The normalized spacial score (nSPS) is 18.5. The molecule has 0 aliphatic carbocycles. The maximum absolute atomic E-state index is 5.68. The smallest absolute Gasteiger partial charge is 0.146 e. The number of amidine groups is 1. The van der Waals surface area contributed by atoms with Crippen molar-refractivity contribution < 1.29 is 4.74 Å². The molecule has 1 unspecified atom stereocenters. The second-order valence-corrected chi connectivity index (χ2v) is 4.00. The van der Waals surface area contributed by atoms with Crippen molar-refractivity contribution in [2.24, 2.45) is 4.99 Å². The van der Waals surface area contributed by atoms with E-state index in [9.17, 15) is 0 Å². The van der Waals surface area contributed by atoms with Crippen LogP contribution in [0, 0.1) is 0 Å². The molecule has 0 bridgehead atoms. The molecule has 1 aromatic carbocycles. The molecular formula is C12H17N3O. The van der Waals surface area contributed by atoms with Crippen molar-refractivity contribution in [2.45, 2.75) is 26.3 Å². The van der Waals surface area contributed by atoms with Gasteiger partial charge in [-0.15, -0.1) is 0 Å². The summed E-state index contributed by atoms with van der Waals surface area (Å²) in [4.78, 5) is 4.53. The third kappa shape index (κ3) is 2.27. The van der Waals surface area contributed by atoms with E-state index < -0.39 is 0 Å². The van der Waals surface area contributed by atoms with E-state index in [0.29, 0.717) is 18.3 Å². The SMILES string of the molecule is CCC(C)N=C1COc2cc(N)ccc2N1. The number of aliphatic imine (C=N–C) groups is 1. The third-order valence-corrected chi connectivity index (χ3v) is 2.62. The lowest BCUT2D eigenvalue weighted by atomic mass is 10.2. The molecular weight excluding hydrogens is 202 g/mol. The van der Waals surface area contributed by atoms with Crippen LogP contribution in [0.3, 0.4) is 0 Å². The number of fused-ring (bicyclic) bond motifs is 1. The maximum Gasteiger partial charge on any atom is 0.146 e. The fourth-order valence-electron chi connectivity index (χ4n) is 1.53. The molecule has 2 rings (SSSR count). The van der Waals surface area contributed by atoms with Crippen molar-refractivity contribution in [3.63, 3.8) is 0 Å². The number of hydrogen-bond acceptors (Lipinski definition) is 3. The monoisotopic (exact) mass is 219 g/mol. The second kappa shape index (κ2) is 4.43.